The summed E-state index contributed by atoms with van der Waals surface area (Å²) in [5.74, 6) is -0.646. The summed E-state index contributed by atoms with van der Waals surface area (Å²) >= 11 is 0. The molecule has 1 saturated heterocycles. The number of rotatable bonds is 4. The maximum absolute atomic E-state index is 14.2. The van der Waals surface area contributed by atoms with E-state index in [9.17, 15) is 14.3 Å². The lowest BCUT2D eigenvalue weighted by atomic mass is 9.93. The molecule has 7 heteroatoms. The Labute approximate surface area is 154 Å². The molecule has 0 aromatic carbocycles. The summed E-state index contributed by atoms with van der Waals surface area (Å²) in [6.07, 6.45) is 2.90. The fourth-order valence-corrected chi connectivity index (χ4v) is 3.05. The molecule has 1 aliphatic rings. The number of amides is 1. The smallest absolute Gasteiger partial charge is 0.410 e. The second kappa shape index (κ2) is 8.20. The quantitative estimate of drug-likeness (QED) is 0.874. The van der Waals surface area contributed by atoms with Gasteiger partial charge in [0.05, 0.1) is 18.3 Å². The zero-order chi connectivity index (χ0) is 19.5. The molecule has 1 fully saturated rings. The molecule has 0 bridgehead atoms. The van der Waals surface area contributed by atoms with Gasteiger partial charge in [-0.2, -0.15) is 0 Å². The van der Waals surface area contributed by atoms with Gasteiger partial charge >= 0.3 is 6.09 Å². The average Bonchev–Trinajstić information content (AvgIpc) is 2.54. The van der Waals surface area contributed by atoms with E-state index < -0.39 is 29.7 Å². The van der Waals surface area contributed by atoms with Gasteiger partial charge in [0.25, 0.3) is 0 Å². The van der Waals surface area contributed by atoms with Crippen molar-refractivity contribution < 1.29 is 23.8 Å². The minimum atomic E-state index is -1.11. The van der Waals surface area contributed by atoms with Crippen molar-refractivity contribution in [1.29, 1.82) is 0 Å². The van der Waals surface area contributed by atoms with E-state index in [-0.39, 0.29) is 17.4 Å². The molecule has 146 valence electrons. The number of carbonyl (C=O) groups is 1. The number of aliphatic hydroxyl groups is 1. The lowest BCUT2D eigenvalue weighted by Crippen LogP contribution is -2.48. The Morgan fingerprint density at radius 3 is 2.65 bits per heavy atom. The van der Waals surface area contributed by atoms with Crippen LogP contribution < -0.4 is 4.74 Å². The van der Waals surface area contributed by atoms with E-state index in [2.05, 4.69) is 4.98 Å². The van der Waals surface area contributed by atoms with E-state index in [0.717, 1.165) is 19.0 Å². The van der Waals surface area contributed by atoms with Gasteiger partial charge in [0, 0.05) is 18.3 Å². The van der Waals surface area contributed by atoms with Crippen LogP contribution in [0.3, 0.4) is 0 Å². The summed E-state index contributed by atoms with van der Waals surface area (Å²) in [6, 6.07) is -0.517. The molecule has 26 heavy (non-hydrogen) atoms. The van der Waals surface area contributed by atoms with Crippen molar-refractivity contribution in [2.75, 3.05) is 6.54 Å². The van der Waals surface area contributed by atoms with E-state index >= 15 is 0 Å². The standard InChI is InChI=1S/C19H29FN2O4/c1-12(2)25-17-13(10-21-11-14(17)20)16(23)15-8-6-7-9-22(15)18(24)26-19(3,4)5/h10-12,15-16,23H,6-9H2,1-5H3/t15-,16?/m1/s1. The van der Waals surface area contributed by atoms with Crippen LogP contribution in [0.15, 0.2) is 12.4 Å². The van der Waals surface area contributed by atoms with Gasteiger partial charge in [0.2, 0.25) is 0 Å². The number of nitrogens with zero attached hydrogens (tertiary/aromatic N) is 2. The number of hydrogen-bond donors (Lipinski definition) is 1. The fourth-order valence-electron chi connectivity index (χ4n) is 3.05. The van der Waals surface area contributed by atoms with E-state index in [1.165, 1.54) is 11.1 Å². The Morgan fingerprint density at radius 1 is 1.35 bits per heavy atom. The average molecular weight is 368 g/mol. The van der Waals surface area contributed by atoms with Crippen molar-refractivity contribution >= 4 is 6.09 Å². The van der Waals surface area contributed by atoms with E-state index in [4.69, 9.17) is 9.47 Å². The molecule has 2 heterocycles. The first kappa shape index (κ1) is 20.4. The van der Waals surface area contributed by atoms with Crippen LogP contribution >= 0.6 is 0 Å². The van der Waals surface area contributed by atoms with Crippen LogP contribution in [0.1, 0.15) is 65.5 Å². The molecule has 1 amide bonds. The Balaban J connectivity index is 2.30. The molecule has 0 saturated carbocycles. The summed E-state index contributed by atoms with van der Waals surface area (Å²) in [5, 5.41) is 10.9. The van der Waals surface area contributed by atoms with Gasteiger partial charge < -0.3 is 19.5 Å². The highest BCUT2D eigenvalue weighted by molar-refractivity contribution is 5.69. The molecular weight excluding hydrogens is 339 g/mol. The SMILES string of the molecule is CC(C)Oc1c(F)cncc1C(O)[C@H]1CCCCN1C(=O)OC(C)(C)C. The number of pyridine rings is 1. The summed E-state index contributed by atoms with van der Waals surface area (Å²) < 4.78 is 25.2. The summed E-state index contributed by atoms with van der Waals surface area (Å²) in [6.45, 7) is 9.44. The lowest BCUT2D eigenvalue weighted by Gasteiger charge is -2.39. The molecule has 1 aromatic rings. The number of halogens is 1. The Hall–Kier alpha value is -1.89. The maximum atomic E-state index is 14.2. The lowest BCUT2D eigenvalue weighted by molar-refractivity contribution is -0.0177. The van der Waals surface area contributed by atoms with Crippen LogP contribution in [0.25, 0.3) is 0 Å². The number of ether oxygens (including phenoxy) is 2. The molecule has 0 radical (unpaired) electrons. The van der Waals surface area contributed by atoms with Crippen LogP contribution in [-0.2, 0) is 4.74 Å². The van der Waals surface area contributed by atoms with Crippen molar-refractivity contribution in [3.05, 3.63) is 23.8 Å². The van der Waals surface area contributed by atoms with Gasteiger partial charge in [-0.15, -0.1) is 0 Å². The molecule has 2 rings (SSSR count). The molecule has 6 nitrogen and oxygen atoms in total. The van der Waals surface area contributed by atoms with Gasteiger partial charge in [-0.3, -0.25) is 4.98 Å². The third-order valence-electron chi connectivity index (χ3n) is 4.09. The molecule has 1 N–H and O–H groups in total. The zero-order valence-electron chi connectivity index (χ0n) is 16.2. The Kier molecular flexibility index (Phi) is 6.44. The maximum Gasteiger partial charge on any atom is 0.410 e. The monoisotopic (exact) mass is 368 g/mol. The molecule has 0 spiro atoms. The van der Waals surface area contributed by atoms with Crippen molar-refractivity contribution in [3.8, 4) is 5.75 Å². The van der Waals surface area contributed by atoms with Gasteiger partial charge in [0.15, 0.2) is 11.6 Å². The summed E-state index contributed by atoms with van der Waals surface area (Å²) in [4.78, 5) is 17.9. The van der Waals surface area contributed by atoms with Crippen LogP contribution in [-0.4, -0.2) is 45.4 Å². The third kappa shape index (κ3) is 5.06. The Morgan fingerprint density at radius 2 is 2.04 bits per heavy atom. The number of hydrogen-bond acceptors (Lipinski definition) is 5. The first-order valence-electron chi connectivity index (χ1n) is 9.08. The normalized spacial score (nSPS) is 19.4. The second-order valence-corrected chi connectivity index (χ2v) is 7.89. The van der Waals surface area contributed by atoms with Crippen molar-refractivity contribution in [2.45, 2.75) is 77.7 Å². The number of piperidine rings is 1. The highest BCUT2D eigenvalue weighted by atomic mass is 19.1. The zero-order valence-corrected chi connectivity index (χ0v) is 16.2. The summed E-state index contributed by atoms with van der Waals surface area (Å²) in [5.41, 5.74) is -0.379. The van der Waals surface area contributed by atoms with Crippen LogP contribution in [0.2, 0.25) is 0 Å². The molecule has 2 atom stereocenters. The number of carbonyl (C=O) groups excluding carboxylic acids is 1. The van der Waals surface area contributed by atoms with Gasteiger partial charge in [-0.25, -0.2) is 9.18 Å². The third-order valence-corrected chi connectivity index (χ3v) is 4.09. The first-order valence-corrected chi connectivity index (χ1v) is 9.08. The summed E-state index contributed by atoms with van der Waals surface area (Å²) in [7, 11) is 0. The van der Waals surface area contributed by atoms with Gasteiger partial charge in [-0.1, -0.05) is 0 Å². The van der Waals surface area contributed by atoms with E-state index in [0.29, 0.717) is 13.0 Å². The van der Waals surface area contributed by atoms with E-state index in [1.807, 2.05) is 0 Å². The number of aliphatic hydroxyl groups excluding tert-OH is 1. The van der Waals surface area contributed by atoms with E-state index in [1.54, 1.807) is 34.6 Å². The van der Waals surface area contributed by atoms with Crippen LogP contribution in [0.4, 0.5) is 9.18 Å². The molecule has 1 unspecified atom stereocenters. The minimum absolute atomic E-state index is 0.0165. The molecule has 0 aliphatic carbocycles. The van der Waals surface area contributed by atoms with Crippen molar-refractivity contribution in [3.63, 3.8) is 0 Å². The largest absolute Gasteiger partial charge is 0.487 e. The van der Waals surface area contributed by atoms with Gasteiger partial charge in [-0.05, 0) is 53.9 Å². The molecule has 1 aromatic heterocycles. The number of aromatic nitrogens is 1. The van der Waals surface area contributed by atoms with Crippen molar-refractivity contribution in [1.82, 2.24) is 9.88 Å². The first-order chi connectivity index (χ1) is 12.1. The van der Waals surface area contributed by atoms with Crippen LogP contribution in [0, 0.1) is 5.82 Å². The highest BCUT2D eigenvalue weighted by Crippen LogP contribution is 2.35. The highest BCUT2D eigenvalue weighted by Gasteiger charge is 2.37. The topological polar surface area (TPSA) is 71.9 Å². The van der Waals surface area contributed by atoms with Gasteiger partial charge in [0.1, 0.15) is 11.7 Å². The minimum Gasteiger partial charge on any atom is -0.487 e. The predicted molar refractivity (Wildman–Crippen MR) is 95.5 cm³/mol. The Bertz CT molecular complexity index is 630. The fraction of sp³-hybridized carbons (Fsp3) is 0.684. The van der Waals surface area contributed by atoms with Crippen molar-refractivity contribution in [2.24, 2.45) is 0 Å². The molecule has 1 aliphatic heterocycles. The predicted octanol–water partition coefficient (Wildman–Crippen LogP) is 3.83. The number of likely N-dealkylation sites (tertiary alicyclic amines) is 1. The molecular formula is C19H29FN2O4. The second-order valence-electron chi connectivity index (χ2n) is 7.89. The van der Waals surface area contributed by atoms with Crippen LogP contribution in [0.5, 0.6) is 5.75 Å².